The fraction of sp³-hybridized carbons (Fsp3) is 0.429. The summed E-state index contributed by atoms with van der Waals surface area (Å²) in [7, 11) is -2.12. The molecule has 3 heterocycles. The number of rotatable bonds is 7. The van der Waals surface area contributed by atoms with Gasteiger partial charge in [0.1, 0.15) is 0 Å². The van der Waals surface area contributed by atoms with Crippen LogP contribution in [0.5, 0.6) is 5.88 Å². The Bertz CT molecular complexity index is 1190. The van der Waals surface area contributed by atoms with Crippen LogP contribution in [-0.2, 0) is 14.9 Å². The van der Waals surface area contributed by atoms with E-state index >= 15 is 0 Å². The van der Waals surface area contributed by atoms with Crippen LogP contribution in [-0.4, -0.2) is 42.9 Å². The summed E-state index contributed by atoms with van der Waals surface area (Å²) in [5.41, 5.74) is 4.19. The van der Waals surface area contributed by atoms with Crippen molar-refractivity contribution in [2.75, 3.05) is 20.0 Å². The number of hydrogen-bond acceptors (Lipinski definition) is 6. The maximum absolute atomic E-state index is 11.8. The molecule has 0 aliphatic carbocycles. The first-order valence-corrected chi connectivity index (χ1v) is 11.8. The molecule has 3 aromatic rings. The van der Waals surface area contributed by atoms with Crippen LogP contribution in [0.2, 0.25) is 5.02 Å². The highest BCUT2D eigenvalue weighted by molar-refractivity contribution is 7.86. The van der Waals surface area contributed by atoms with Gasteiger partial charge in [0.15, 0.2) is 0 Å². The largest absolute Gasteiger partial charge is 0.383 e. The van der Waals surface area contributed by atoms with Crippen molar-refractivity contribution < 1.29 is 17.3 Å². The molecule has 0 unspecified atom stereocenters. The molecule has 0 spiro atoms. The van der Waals surface area contributed by atoms with Crippen LogP contribution >= 0.6 is 11.6 Å². The Kier molecular flexibility index (Phi) is 6.40. The quantitative estimate of drug-likeness (QED) is 0.483. The molecule has 0 aliphatic rings. The second kappa shape index (κ2) is 8.53. The van der Waals surface area contributed by atoms with Crippen LogP contribution in [0.3, 0.4) is 0 Å². The molecule has 3 rings (SSSR count). The minimum absolute atomic E-state index is 0.0257. The van der Waals surface area contributed by atoms with Crippen molar-refractivity contribution in [3.05, 3.63) is 40.7 Å². The van der Waals surface area contributed by atoms with Gasteiger partial charge >= 0.3 is 10.1 Å². The molecular formula is C21H26ClN3O4S. The predicted octanol–water partition coefficient (Wildman–Crippen LogP) is 4.73. The van der Waals surface area contributed by atoms with Crippen LogP contribution in [0.15, 0.2) is 24.4 Å². The molecular weight excluding hydrogens is 426 g/mol. The molecule has 30 heavy (non-hydrogen) atoms. The number of pyridine rings is 2. The van der Waals surface area contributed by atoms with E-state index in [1.165, 1.54) is 0 Å². The second-order valence-electron chi connectivity index (χ2n) is 7.74. The van der Waals surface area contributed by atoms with Gasteiger partial charge in [0.25, 0.3) is 0 Å². The van der Waals surface area contributed by atoms with Crippen LogP contribution in [0.1, 0.15) is 44.0 Å². The molecule has 162 valence electrons. The summed E-state index contributed by atoms with van der Waals surface area (Å²) < 4.78 is 36.2. The van der Waals surface area contributed by atoms with Crippen LogP contribution < -0.4 is 4.18 Å². The first kappa shape index (κ1) is 22.5. The minimum Gasteiger partial charge on any atom is -0.383 e. The Morgan fingerprint density at radius 2 is 1.90 bits per heavy atom. The SMILES string of the molecule is COC[C@H](C)n1cc(C)c2nc(-c3ccc(C(C)C)nc3OS(C)(=O)=O)c(Cl)cc21. The highest BCUT2D eigenvalue weighted by Gasteiger charge is 2.21. The van der Waals surface area contributed by atoms with Crippen molar-refractivity contribution in [3.63, 3.8) is 0 Å². The predicted molar refractivity (Wildman–Crippen MR) is 119 cm³/mol. The summed E-state index contributed by atoms with van der Waals surface area (Å²) in [6.07, 6.45) is 3.00. The van der Waals surface area contributed by atoms with Crippen molar-refractivity contribution in [1.29, 1.82) is 0 Å². The number of ether oxygens (including phenoxy) is 1. The molecule has 7 nitrogen and oxygen atoms in total. The standard InChI is InChI=1S/C21H26ClN3O4S/c1-12(2)17-8-7-15(21(23-17)29-30(6,26)27)20-16(22)9-18-19(24-20)13(3)10-25(18)14(4)11-28-5/h7-10,12,14H,11H2,1-6H3/t14-/m0/s1. The van der Waals surface area contributed by atoms with Gasteiger partial charge in [0.2, 0.25) is 5.88 Å². The lowest BCUT2D eigenvalue weighted by Gasteiger charge is -2.15. The smallest absolute Gasteiger partial charge is 0.307 e. The second-order valence-corrected chi connectivity index (χ2v) is 9.72. The van der Waals surface area contributed by atoms with E-state index in [1.807, 2.05) is 39.1 Å². The van der Waals surface area contributed by atoms with Crippen molar-refractivity contribution in [1.82, 2.24) is 14.5 Å². The zero-order valence-corrected chi connectivity index (χ0v) is 19.5. The molecule has 1 atom stereocenters. The van der Waals surface area contributed by atoms with E-state index in [0.29, 0.717) is 28.6 Å². The fourth-order valence-corrected chi connectivity index (χ4v) is 4.01. The molecule has 0 bridgehead atoms. The number of methoxy groups -OCH3 is 1. The van der Waals surface area contributed by atoms with E-state index in [9.17, 15) is 8.42 Å². The van der Waals surface area contributed by atoms with Gasteiger partial charge in [0, 0.05) is 19.0 Å². The average Bonchev–Trinajstić information content (AvgIpc) is 2.96. The number of halogens is 1. The molecule has 0 aromatic carbocycles. The summed E-state index contributed by atoms with van der Waals surface area (Å²) in [5.74, 6) is 0.0766. The zero-order chi connectivity index (χ0) is 22.2. The molecule has 0 saturated carbocycles. The molecule has 3 aromatic heterocycles. The van der Waals surface area contributed by atoms with Crippen molar-refractivity contribution in [2.45, 2.75) is 39.7 Å². The normalized spacial score (nSPS) is 13.2. The van der Waals surface area contributed by atoms with E-state index in [2.05, 4.69) is 16.5 Å². The van der Waals surface area contributed by atoms with Crippen LogP contribution in [0.4, 0.5) is 0 Å². The number of hydrogen-bond donors (Lipinski definition) is 0. The zero-order valence-electron chi connectivity index (χ0n) is 17.9. The third-order valence-electron chi connectivity index (χ3n) is 4.78. The summed E-state index contributed by atoms with van der Waals surface area (Å²) >= 11 is 6.61. The fourth-order valence-electron chi connectivity index (χ4n) is 3.34. The van der Waals surface area contributed by atoms with Gasteiger partial charge in [-0.15, -0.1) is 0 Å². The molecule has 0 radical (unpaired) electrons. The number of fused-ring (bicyclic) bond motifs is 1. The monoisotopic (exact) mass is 451 g/mol. The first-order valence-electron chi connectivity index (χ1n) is 9.59. The number of aryl methyl sites for hydroxylation is 1. The van der Waals surface area contributed by atoms with E-state index < -0.39 is 10.1 Å². The summed E-state index contributed by atoms with van der Waals surface area (Å²) in [5, 5.41) is 0.379. The van der Waals surface area contributed by atoms with Crippen molar-refractivity contribution >= 4 is 32.8 Å². The topological polar surface area (TPSA) is 83.3 Å². The van der Waals surface area contributed by atoms with Gasteiger partial charge in [-0.25, -0.2) is 9.97 Å². The molecule has 0 amide bonds. The number of nitrogens with zero attached hydrogens (tertiary/aromatic N) is 3. The maximum atomic E-state index is 11.8. The van der Waals surface area contributed by atoms with Gasteiger partial charge in [-0.05, 0) is 43.5 Å². The first-order chi connectivity index (χ1) is 14.0. The van der Waals surface area contributed by atoms with Gasteiger partial charge in [-0.3, -0.25) is 0 Å². The Morgan fingerprint density at radius 3 is 2.50 bits per heavy atom. The van der Waals surface area contributed by atoms with E-state index in [0.717, 1.165) is 22.9 Å². The highest BCUT2D eigenvalue weighted by Crippen LogP contribution is 2.37. The van der Waals surface area contributed by atoms with Crippen LogP contribution in [0.25, 0.3) is 22.3 Å². The Morgan fingerprint density at radius 1 is 1.20 bits per heavy atom. The van der Waals surface area contributed by atoms with E-state index in [1.54, 1.807) is 13.2 Å². The van der Waals surface area contributed by atoms with Crippen LogP contribution in [0, 0.1) is 6.92 Å². The highest BCUT2D eigenvalue weighted by atomic mass is 35.5. The van der Waals surface area contributed by atoms with Gasteiger partial charge < -0.3 is 13.5 Å². The summed E-state index contributed by atoms with van der Waals surface area (Å²) in [4.78, 5) is 9.18. The molecule has 0 fully saturated rings. The summed E-state index contributed by atoms with van der Waals surface area (Å²) in [6, 6.07) is 5.52. The minimum atomic E-state index is -3.78. The molecule has 0 saturated heterocycles. The molecule has 0 N–H and O–H groups in total. The van der Waals surface area contributed by atoms with E-state index in [4.69, 9.17) is 25.5 Å². The van der Waals surface area contributed by atoms with Gasteiger partial charge in [-0.1, -0.05) is 25.4 Å². The van der Waals surface area contributed by atoms with Crippen molar-refractivity contribution in [2.24, 2.45) is 0 Å². The lowest BCUT2D eigenvalue weighted by Crippen LogP contribution is -2.10. The third kappa shape index (κ3) is 4.61. The molecule has 9 heteroatoms. The van der Waals surface area contributed by atoms with Crippen molar-refractivity contribution in [3.8, 4) is 17.1 Å². The average molecular weight is 452 g/mol. The Hall–Kier alpha value is -2.16. The van der Waals surface area contributed by atoms with Gasteiger partial charge in [0.05, 0.1) is 46.2 Å². The lowest BCUT2D eigenvalue weighted by molar-refractivity contribution is 0.164. The summed E-state index contributed by atoms with van der Waals surface area (Å²) in [6.45, 7) is 8.51. The van der Waals surface area contributed by atoms with E-state index in [-0.39, 0.29) is 17.8 Å². The molecule has 0 aliphatic heterocycles. The Balaban J connectivity index is 2.21. The maximum Gasteiger partial charge on any atom is 0.307 e. The Labute approximate surface area is 182 Å². The third-order valence-corrected chi connectivity index (χ3v) is 5.53. The lowest BCUT2D eigenvalue weighted by atomic mass is 10.1. The van der Waals surface area contributed by atoms with Gasteiger partial charge in [-0.2, -0.15) is 8.42 Å². The number of aromatic nitrogens is 3.